The molecule has 1 atom stereocenters. The van der Waals surface area contributed by atoms with Crippen LogP contribution in [0.4, 0.5) is 0 Å². The number of amides is 1. The lowest BCUT2D eigenvalue weighted by Gasteiger charge is -2.58. The Hall–Kier alpha value is -2.86. The number of nitrogens with one attached hydrogen (secondary N) is 1. The van der Waals surface area contributed by atoms with Gasteiger partial charge in [-0.3, -0.25) is 9.69 Å². The van der Waals surface area contributed by atoms with Crippen molar-refractivity contribution in [1.29, 1.82) is 0 Å². The maximum atomic E-state index is 13.0. The van der Waals surface area contributed by atoms with E-state index in [0.717, 1.165) is 43.4 Å². The van der Waals surface area contributed by atoms with Crippen molar-refractivity contribution >= 4 is 16.8 Å². The lowest BCUT2D eigenvalue weighted by molar-refractivity contribution is -0.0697. The zero-order valence-corrected chi connectivity index (χ0v) is 16.7. The fraction of sp³-hybridized carbons (Fsp3) is 0.391. The van der Waals surface area contributed by atoms with Crippen molar-refractivity contribution in [3.63, 3.8) is 0 Å². The summed E-state index contributed by atoms with van der Waals surface area (Å²) in [7, 11) is 2.18. The SMILES string of the molecule is CN1CC[C@@H](COc2ccccn2)CC12CN(C(=O)c1cc3ccccc3[nH]1)C2. The van der Waals surface area contributed by atoms with Crippen LogP contribution in [0.1, 0.15) is 23.3 Å². The number of ether oxygens (including phenoxy) is 1. The number of nitrogens with zero attached hydrogens (tertiary/aromatic N) is 3. The summed E-state index contributed by atoms with van der Waals surface area (Å²) in [5.74, 6) is 1.26. The Morgan fingerprint density at radius 1 is 1.24 bits per heavy atom. The third-order valence-electron chi connectivity index (χ3n) is 6.47. The summed E-state index contributed by atoms with van der Waals surface area (Å²) >= 11 is 0. The van der Waals surface area contributed by atoms with Gasteiger partial charge in [0, 0.05) is 36.3 Å². The minimum absolute atomic E-state index is 0.0675. The first kappa shape index (κ1) is 18.2. The maximum absolute atomic E-state index is 13.0. The van der Waals surface area contributed by atoms with Crippen LogP contribution in [0.5, 0.6) is 5.88 Å². The van der Waals surface area contributed by atoms with Crippen LogP contribution in [-0.2, 0) is 0 Å². The third kappa shape index (κ3) is 3.38. The Kier molecular flexibility index (Phi) is 4.51. The number of benzene rings is 1. The van der Waals surface area contributed by atoms with Gasteiger partial charge < -0.3 is 14.6 Å². The second-order valence-electron chi connectivity index (χ2n) is 8.42. The Balaban J connectivity index is 1.22. The van der Waals surface area contributed by atoms with Gasteiger partial charge in [-0.2, -0.15) is 0 Å². The summed E-state index contributed by atoms with van der Waals surface area (Å²) in [5, 5.41) is 1.08. The summed E-state index contributed by atoms with van der Waals surface area (Å²) in [4.78, 5) is 24.9. The maximum Gasteiger partial charge on any atom is 0.270 e. The number of carbonyl (C=O) groups is 1. The fourth-order valence-corrected chi connectivity index (χ4v) is 4.72. The number of pyridine rings is 1. The van der Waals surface area contributed by atoms with E-state index in [2.05, 4.69) is 21.9 Å². The Labute approximate surface area is 170 Å². The first-order chi connectivity index (χ1) is 14.1. The molecule has 2 aromatic heterocycles. The van der Waals surface area contributed by atoms with Gasteiger partial charge >= 0.3 is 0 Å². The topological polar surface area (TPSA) is 61.5 Å². The molecule has 2 saturated heterocycles. The first-order valence-corrected chi connectivity index (χ1v) is 10.3. The lowest BCUT2D eigenvalue weighted by Crippen LogP contribution is -2.72. The van der Waals surface area contributed by atoms with E-state index in [1.807, 2.05) is 53.4 Å². The lowest BCUT2D eigenvalue weighted by atomic mass is 9.75. The molecular weight excluding hydrogens is 364 g/mol. The van der Waals surface area contributed by atoms with Gasteiger partial charge in [0.15, 0.2) is 0 Å². The van der Waals surface area contributed by atoms with Crippen LogP contribution in [0, 0.1) is 5.92 Å². The van der Waals surface area contributed by atoms with Gasteiger partial charge in [-0.15, -0.1) is 0 Å². The van der Waals surface area contributed by atoms with Crippen molar-refractivity contribution in [3.05, 3.63) is 60.4 Å². The van der Waals surface area contributed by atoms with Crippen molar-refractivity contribution in [3.8, 4) is 5.88 Å². The molecule has 2 aliphatic rings. The highest BCUT2D eigenvalue weighted by atomic mass is 16.5. The normalized spacial score (nSPS) is 21.3. The van der Waals surface area contributed by atoms with Crippen molar-refractivity contribution in [2.45, 2.75) is 18.4 Å². The minimum atomic E-state index is 0.0675. The molecule has 4 heterocycles. The number of likely N-dealkylation sites (N-methyl/N-ethyl adjacent to an activating group) is 1. The third-order valence-corrected chi connectivity index (χ3v) is 6.47. The van der Waals surface area contributed by atoms with E-state index in [0.29, 0.717) is 24.1 Å². The minimum Gasteiger partial charge on any atom is -0.477 e. The number of aromatic nitrogens is 2. The number of likely N-dealkylation sites (tertiary alicyclic amines) is 2. The van der Waals surface area contributed by atoms with Crippen LogP contribution in [-0.4, -0.2) is 64.5 Å². The monoisotopic (exact) mass is 390 g/mol. The van der Waals surface area contributed by atoms with Crippen LogP contribution < -0.4 is 4.74 Å². The molecule has 0 aliphatic carbocycles. The smallest absolute Gasteiger partial charge is 0.270 e. The number of aromatic amines is 1. The molecule has 2 fully saturated rings. The number of hydrogen-bond acceptors (Lipinski definition) is 4. The van der Waals surface area contributed by atoms with Crippen LogP contribution >= 0.6 is 0 Å². The molecule has 0 saturated carbocycles. The summed E-state index contributed by atoms with van der Waals surface area (Å²) in [6.07, 6.45) is 3.92. The largest absolute Gasteiger partial charge is 0.477 e. The van der Waals surface area contributed by atoms with Crippen LogP contribution in [0.3, 0.4) is 0 Å². The molecular formula is C23H26N4O2. The number of piperidine rings is 1. The molecule has 150 valence electrons. The molecule has 3 aromatic rings. The molecule has 1 aromatic carbocycles. The van der Waals surface area contributed by atoms with Gasteiger partial charge in [-0.25, -0.2) is 4.98 Å². The molecule has 1 amide bonds. The highest BCUT2D eigenvalue weighted by Gasteiger charge is 2.51. The van der Waals surface area contributed by atoms with E-state index < -0.39 is 0 Å². The van der Waals surface area contributed by atoms with Crippen molar-refractivity contribution in [2.24, 2.45) is 5.92 Å². The molecule has 0 radical (unpaired) electrons. The van der Waals surface area contributed by atoms with E-state index in [1.165, 1.54) is 0 Å². The molecule has 2 aliphatic heterocycles. The van der Waals surface area contributed by atoms with Crippen molar-refractivity contribution in [2.75, 3.05) is 33.3 Å². The van der Waals surface area contributed by atoms with Crippen LogP contribution in [0.15, 0.2) is 54.7 Å². The number of fused-ring (bicyclic) bond motifs is 1. The second-order valence-corrected chi connectivity index (χ2v) is 8.42. The Morgan fingerprint density at radius 3 is 2.86 bits per heavy atom. The number of para-hydroxylation sites is 1. The summed E-state index contributed by atoms with van der Waals surface area (Å²) in [5.41, 5.74) is 1.75. The molecule has 1 spiro atoms. The van der Waals surface area contributed by atoms with Gasteiger partial charge in [0.1, 0.15) is 5.69 Å². The predicted molar refractivity (Wildman–Crippen MR) is 112 cm³/mol. The second kappa shape index (κ2) is 7.19. The summed E-state index contributed by atoms with van der Waals surface area (Å²) in [6, 6.07) is 15.7. The number of H-pyrrole nitrogens is 1. The zero-order chi connectivity index (χ0) is 19.8. The molecule has 5 rings (SSSR count). The average Bonchev–Trinajstić information content (AvgIpc) is 3.16. The van der Waals surface area contributed by atoms with Gasteiger partial charge in [-0.1, -0.05) is 24.3 Å². The Morgan fingerprint density at radius 2 is 2.07 bits per heavy atom. The average molecular weight is 390 g/mol. The molecule has 1 N–H and O–H groups in total. The van der Waals surface area contributed by atoms with Crippen LogP contribution in [0.25, 0.3) is 10.9 Å². The molecule has 6 nitrogen and oxygen atoms in total. The summed E-state index contributed by atoms with van der Waals surface area (Å²) in [6.45, 7) is 3.27. The standard InChI is InChI=1S/C23H26N4O2/c1-26-11-9-17(14-29-21-8-4-5-10-24-21)13-23(26)15-27(16-23)22(28)20-12-18-6-2-3-7-19(18)25-20/h2-8,10,12,17,25H,9,11,13-16H2,1H3/t17-/m1/s1. The highest BCUT2D eigenvalue weighted by molar-refractivity contribution is 5.98. The molecule has 29 heavy (non-hydrogen) atoms. The van der Waals surface area contributed by atoms with E-state index in [1.54, 1.807) is 6.20 Å². The zero-order valence-electron chi connectivity index (χ0n) is 16.7. The quantitative estimate of drug-likeness (QED) is 0.743. The van der Waals surface area contributed by atoms with Gasteiger partial charge in [0.25, 0.3) is 5.91 Å². The first-order valence-electron chi connectivity index (χ1n) is 10.3. The summed E-state index contributed by atoms with van der Waals surface area (Å²) < 4.78 is 5.90. The van der Waals surface area contributed by atoms with E-state index in [-0.39, 0.29) is 11.4 Å². The predicted octanol–water partition coefficient (Wildman–Crippen LogP) is 3.18. The van der Waals surface area contributed by atoms with Gasteiger partial charge in [0.2, 0.25) is 5.88 Å². The van der Waals surface area contributed by atoms with E-state index in [9.17, 15) is 4.79 Å². The Bertz CT molecular complexity index is 977. The van der Waals surface area contributed by atoms with Gasteiger partial charge in [-0.05, 0) is 50.6 Å². The number of rotatable bonds is 4. The molecule has 0 unspecified atom stereocenters. The van der Waals surface area contributed by atoms with Crippen molar-refractivity contribution in [1.82, 2.24) is 19.8 Å². The van der Waals surface area contributed by atoms with Crippen LogP contribution in [0.2, 0.25) is 0 Å². The van der Waals surface area contributed by atoms with E-state index in [4.69, 9.17) is 4.74 Å². The molecule has 0 bridgehead atoms. The number of hydrogen-bond donors (Lipinski definition) is 1. The highest BCUT2D eigenvalue weighted by Crippen LogP contribution is 2.39. The number of carbonyl (C=O) groups excluding carboxylic acids is 1. The van der Waals surface area contributed by atoms with Crippen molar-refractivity contribution < 1.29 is 9.53 Å². The van der Waals surface area contributed by atoms with E-state index >= 15 is 0 Å². The molecule has 6 heteroatoms. The van der Waals surface area contributed by atoms with Gasteiger partial charge in [0.05, 0.1) is 12.1 Å². The fourth-order valence-electron chi connectivity index (χ4n) is 4.72.